The summed E-state index contributed by atoms with van der Waals surface area (Å²) in [6.07, 6.45) is 2.65. The standard InChI is InChI=1S/C15H14F3N3O2/c1-23-5-4-20-15(22)9-6-10(8-19-7-9)21-12-3-2-11(16)13(17)14(12)18/h2-3,6-8,21H,4-5H2,1H3,(H,20,22). The highest BCUT2D eigenvalue weighted by molar-refractivity contribution is 5.94. The topological polar surface area (TPSA) is 63.2 Å². The number of pyridine rings is 1. The molecule has 1 aromatic heterocycles. The summed E-state index contributed by atoms with van der Waals surface area (Å²) in [4.78, 5) is 15.7. The number of methoxy groups -OCH3 is 1. The molecular weight excluding hydrogens is 311 g/mol. The fourth-order valence-electron chi connectivity index (χ4n) is 1.78. The molecule has 0 radical (unpaired) electrons. The third-order valence-corrected chi connectivity index (χ3v) is 2.91. The second-order valence-corrected chi connectivity index (χ2v) is 4.56. The molecule has 0 fully saturated rings. The monoisotopic (exact) mass is 325 g/mol. The van der Waals surface area contributed by atoms with E-state index in [4.69, 9.17) is 4.74 Å². The number of halogens is 3. The van der Waals surface area contributed by atoms with Gasteiger partial charge in [0, 0.05) is 19.9 Å². The van der Waals surface area contributed by atoms with Gasteiger partial charge in [-0.25, -0.2) is 13.2 Å². The summed E-state index contributed by atoms with van der Waals surface area (Å²) < 4.78 is 44.5. The largest absolute Gasteiger partial charge is 0.383 e. The Morgan fingerprint density at radius 1 is 1.22 bits per heavy atom. The van der Waals surface area contributed by atoms with Gasteiger partial charge in [-0.3, -0.25) is 9.78 Å². The number of benzene rings is 1. The molecule has 5 nitrogen and oxygen atoms in total. The number of hydrogen-bond acceptors (Lipinski definition) is 4. The molecule has 1 aromatic carbocycles. The quantitative estimate of drug-likeness (QED) is 0.633. The molecule has 23 heavy (non-hydrogen) atoms. The van der Waals surface area contributed by atoms with E-state index in [0.29, 0.717) is 13.2 Å². The summed E-state index contributed by atoms with van der Waals surface area (Å²) in [6, 6.07) is 3.27. The third-order valence-electron chi connectivity index (χ3n) is 2.91. The first-order valence-corrected chi connectivity index (χ1v) is 6.65. The molecule has 1 amide bonds. The van der Waals surface area contributed by atoms with Crippen LogP contribution in [0.1, 0.15) is 10.4 Å². The van der Waals surface area contributed by atoms with E-state index in [0.717, 1.165) is 12.1 Å². The molecule has 0 spiro atoms. The zero-order valence-electron chi connectivity index (χ0n) is 12.2. The van der Waals surface area contributed by atoms with Crippen molar-refractivity contribution < 1.29 is 22.7 Å². The maximum Gasteiger partial charge on any atom is 0.253 e. The molecule has 2 rings (SSSR count). The molecular formula is C15H14F3N3O2. The lowest BCUT2D eigenvalue weighted by Crippen LogP contribution is -2.27. The van der Waals surface area contributed by atoms with Crippen LogP contribution in [0.15, 0.2) is 30.6 Å². The molecule has 0 aliphatic carbocycles. The summed E-state index contributed by atoms with van der Waals surface area (Å²) in [5.74, 6) is -4.59. The summed E-state index contributed by atoms with van der Waals surface area (Å²) in [5.41, 5.74) is 0.228. The molecule has 0 atom stereocenters. The Kier molecular flexibility index (Phi) is 5.53. The van der Waals surface area contributed by atoms with Crippen molar-refractivity contribution in [1.29, 1.82) is 0 Å². The zero-order valence-corrected chi connectivity index (χ0v) is 12.2. The van der Waals surface area contributed by atoms with Crippen molar-refractivity contribution in [2.75, 3.05) is 25.6 Å². The molecule has 0 bridgehead atoms. The van der Waals surface area contributed by atoms with E-state index in [2.05, 4.69) is 15.6 Å². The molecule has 2 aromatic rings. The fourth-order valence-corrected chi connectivity index (χ4v) is 1.78. The molecule has 0 aliphatic rings. The first kappa shape index (κ1) is 16.8. The minimum absolute atomic E-state index is 0.231. The minimum Gasteiger partial charge on any atom is -0.383 e. The molecule has 8 heteroatoms. The zero-order chi connectivity index (χ0) is 16.8. The Balaban J connectivity index is 2.14. The lowest BCUT2D eigenvalue weighted by atomic mass is 10.2. The Bertz CT molecular complexity index is 710. The molecule has 2 N–H and O–H groups in total. The van der Waals surface area contributed by atoms with Gasteiger partial charge in [-0.2, -0.15) is 0 Å². The van der Waals surface area contributed by atoms with Crippen molar-refractivity contribution in [2.45, 2.75) is 0 Å². The van der Waals surface area contributed by atoms with Crippen LogP contribution in [0.5, 0.6) is 0 Å². The summed E-state index contributed by atoms with van der Waals surface area (Å²) in [6.45, 7) is 0.683. The van der Waals surface area contributed by atoms with Crippen molar-refractivity contribution in [1.82, 2.24) is 10.3 Å². The number of anilines is 2. The average molecular weight is 325 g/mol. The van der Waals surface area contributed by atoms with Crippen LogP contribution in [0.2, 0.25) is 0 Å². The molecule has 0 unspecified atom stereocenters. The Morgan fingerprint density at radius 3 is 2.74 bits per heavy atom. The lowest BCUT2D eigenvalue weighted by Gasteiger charge is -2.10. The van der Waals surface area contributed by atoms with Crippen molar-refractivity contribution in [3.05, 3.63) is 53.6 Å². The molecule has 1 heterocycles. The second-order valence-electron chi connectivity index (χ2n) is 4.56. The summed E-state index contributed by atoms with van der Waals surface area (Å²) in [7, 11) is 1.51. The number of carbonyl (C=O) groups excluding carboxylic acids is 1. The first-order chi connectivity index (χ1) is 11.0. The Hall–Kier alpha value is -2.61. The van der Waals surface area contributed by atoms with E-state index in [9.17, 15) is 18.0 Å². The van der Waals surface area contributed by atoms with Gasteiger partial charge < -0.3 is 15.4 Å². The normalized spacial score (nSPS) is 10.4. The number of ether oxygens (including phenoxy) is 1. The smallest absolute Gasteiger partial charge is 0.253 e. The predicted molar refractivity (Wildman–Crippen MR) is 78.0 cm³/mol. The average Bonchev–Trinajstić information content (AvgIpc) is 2.56. The number of carbonyl (C=O) groups is 1. The van der Waals surface area contributed by atoms with Crippen LogP contribution in [0, 0.1) is 17.5 Å². The maximum absolute atomic E-state index is 13.6. The third kappa shape index (κ3) is 4.19. The van der Waals surface area contributed by atoms with Gasteiger partial charge in [-0.1, -0.05) is 0 Å². The highest BCUT2D eigenvalue weighted by Crippen LogP contribution is 2.23. The van der Waals surface area contributed by atoms with E-state index >= 15 is 0 Å². The van der Waals surface area contributed by atoms with Crippen LogP contribution in [0.3, 0.4) is 0 Å². The summed E-state index contributed by atoms with van der Waals surface area (Å²) >= 11 is 0. The van der Waals surface area contributed by atoms with Crippen LogP contribution >= 0.6 is 0 Å². The van der Waals surface area contributed by atoms with Gasteiger partial charge in [0.25, 0.3) is 5.91 Å². The van der Waals surface area contributed by atoms with E-state index in [-0.39, 0.29) is 22.8 Å². The highest BCUT2D eigenvalue weighted by Gasteiger charge is 2.14. The van der Waals surface area contributed by atoms with Crippen molar-refractivity contribution in [3.8, 4) is 0 Å². The van der Waals surface area contributed by atoms with Crippen LogP contribution in [0.25, 0.3) is 0 Å². The Labute approximate surface area is 130 Å². The van der Waals surface area contributed by atoms with E-state index < -0.39 is 17.5 Å². The van der Waals surface area contributed by atoms with Crippen LogP contribution in [-0.2, 0) is 4.74 Å². The summed E-state index contributed by atoms with van der Waals surface area (Å²) in [5, 5.41) is 5.16. The maximum atomic E-state index is 13.6. The van der Waals surface area contributed by atoms with Crippen molar-refractivity contribution in [2.24, 2.45) is 0 Å². The number of amides is 1. The lowest BCUT2D eigenvalue weighted by molar-refractivity contribution is 0.0937. The van der Waals surface area contributed by atoms with E-state index in [1.54, 1.807) is 0 Å². The van der Waals surface area contributed by atoms with Crippen LogP contribution < -0.4 is 10.6 Å². The number of aromatic nitrogens is 1. The highest BCUT2D eigenvalue weighted by atomic mass is 19.2. The van der Waals surface area contributed by atoms with Gasteiger partial charge in [0.05, 0.1) is 29.7 Å². The molecule has 122 valence electrons. The molecule has 0 saturated heterocycles. The minimum atomic E-state index is -1.57. The molecule has 0 saturated carbocycles. The second kappa shape index (κ2) is 7.59. The van der Waals surface area contributed by atoms with Crippen molar-refractivity contribution in [3.63, 3.8) is 0 Å². The van der Waals surface area contributed by atoms with Gasteiger partial charge in [0.2, 0.25) is 0 Å². The Morgan fingerprint density at radius 2 is 2.00 bits per heavy atom. The van der Waals surface area contributed by atoms with Gasteiger partial charge in [-0.15, -0.1) is 0 Å². The first-order valence-electron chi connectivity index (χ1n) is 6.65. The SMILES string of the molecule is COCCNC(=O)c1cncc(Nc2ccc(F)c(F)c2F)c1. The van der Waals surface area contributed by atoms with Gasteiger partial charge in [0.15, 0.2) is 17.5 Å². The number of hydrogen-bond donors (Lipinski definition) is 2. The van der Waals surface area contributed by atoms with Gasteiger partial charge in [-0.05, 0) is 18.2 Å². The fraction of sp³-hybridized carbons (Fsp3) is 0.200. The van der Waals surface area contributed by atoms with E-state index in [1.807, 2.05) is 0 Å². The molecule has 0 aliphatic heterocycles. The van der Waals surface area contributed by atoms with Gasteiger partial charge >= 0.3 is 0 Å². The number of rotatable bonds is 6. The number of nitrogens with zero attached hydrogens (tertiary/aromatic N) is 1. The van der Waals surface area contributed by atoms with Crippen LogP contribution in [0.4, 0.5) is 24.5 Å². The predicted octanol–water partition coefficient (Wildman–Crippen LogP) is 2.62. The number of nitrogens with one attached hydrogen (secondary N) is 2. The van der Waals surface area contributed by atoms with E-state index in [1.165, 1.54) is 25.6 Å². The van der Waals surface area contributed by atoms with Gasteiger partial charge in [0.1, 0.15) is 0 Å². The van der Waals surface area contributed by atoms with Crippen LogP contribution in [-0.4, -0.2) is 31.2 Å². The van der Waals surface area contributed by atoms with Crippen molar-refractivity contribution >= 4 is 17.3 Å².